The molecule has 5 heteroatoms. The van der Waals surface area contributed by atoms with Gasteiger partial charge in [0.25, 0.3) is 0 Å². The lowest BCUT2D eigenvalue weighted by Crippen LogP contribution is -2.61. The normalized spacial score (nSPS) is 23.8. The summed E-state index contributed by atoms with van der Waals surface area (Å²) in [5.74, 6) is -0.759. The average Bonchev–Trinajstić information content (AvgIpc) is 1.79. The molecule has 0 spiro atoms. The Labute approximate surface area is 68.6 Å². The maximum atomic E-state index is 10.6. The van der Waals surface area contributed by atoms with E-state index in [0.717, 1.165) is 10.8 Å². The summed E-state index contributed by atoms with van der Waals surface area (Å²) in [5, 5.41) is 8.71. The van der Waals surface area contributed by atoms with Gasteiger partial charge in [-0.25, -0.2) is 0 Å². The highest BCUT2D eigenvalue weighted by molar-refractivity contribution is 8.69. The van der Waals surface area contributed by atoms with Crippen molar-refractivity contribution in [3.63, 3.8) is 0 Å². The van der Waals surface area contributed by atoms with Crippen LogP contribution in [0.5, 0.6) is 0 Å². The third kappa shape index (κ3) is 1.13. The zero-order valence-corrected chi connectivity index (χ0v) is 7.28. The summed E-state index contributed by atoms with van der Waals surface area (Å²) in [6.45, 7) is 1.19. The fourth-order valence-corrected chi connectivity index (χ4v) is 2.27. The molecule has 58 valence electrons. The molecule has 0 aromatic carbocycles. The van der Waals surface area contributed by atoms with Gasteiger partial charge in [-0.1, -0.05) is 10.8 Å². The zero-order valence-electron chi connectivity index (χ0n) is 5.57. The first-order valence-electron chi connectivity index (χ1n) is 2.85. The van der Waals surface area contributed by atoms with E-state index in [2.05, 4.69) is 11.7 Å². The number of thiol groups is 1. The standard InChI is InChI=1S/C5H9NO2S2/c1-6-2-5(3-6,10-9)4(7)8/h9H,2-3H2,1H3,(H,7,8). The second-order valence-electron chi connectivity index (χ2n) is 2.56. The maximum Gasteiger partial charge on any atom is 0.323 e. The quantitative estimate of drug-likeness (QED) is 0.473. The van der Waals surface area contributed by atoms with Gasteiger partial charge in [0, 0.05) is 13.1 Å². The topological polar surface area (TPSA) is 40.5 Å². The van der Waals surface area contributed by atoms with Crippen molar-refractivity contribution in [1.82, 2.24) is 4.90 Å². The molecule has 0 aliphatic carbocycles. The molecule has 1 aliphatic heterocycles. The number of nitrogens with zero attached hydrogens (tertiary/aromatic N) is 1. The van der Waals surface area contributed by atoms with Gasteiger partial charge in [-0.2, -0.15) is 0 Å². The molecular weight excluding hydrogens is 170 g/mol. The van der Waals surface area contributed by atoms with Gasteiger partial charge in [-0.05, 0) is 7.05 Å². The number of carbonyl (C=O) groups is 1. The first kappa shape index (κ1) is 8.23. The fraction of sp³-hybridized carbons (Fsp3) is 0.800. The summed E-state index contributed by atoms with van der Waals surface area (Å²) >= 11 is 3.92. The van der Waals surface area contributed by atoms with E-state index in [1.807, 2.05) is 11.9 Å². The van der Waals surface area contributed by atoms with Crippen LogP contribution in [-0.2, 0) is 4.79 Å². The molecule has 0 radical (unpaired) electrons. The molecule has 0 bridgehead atoms. The number of hydrogen-bond donors (Lipinski definition) is 2. The van der Waals surface area contributed by atoms with Crippen LogP contribution in [0.2, 0.25) is 0 Å². The Bertz CT molecular complexity index is 156. The van der Waals surface area contributed by atoms with Crippen LogP contribution in [-0.4, -0.2) is 40.9 Å². The molecule has 0 atom stereocenters. The lowest BCUT2D eigenvalue weighted by molar-refractivity contribution is -0.143. The summed E-state index contributed by atoms with van der Waals surface area (Å²) in [6, 6.07) is 0. The van der Waals surface area contributed by atoms with Crippen molar-refractivity contribution >= 4 is 28.4 Å². The van der Waals surface area contributed by atoms with Crippen molar-refractivity contribution in [1.29, 1.82) is 0 Å². The van der Waals surface area contributed by atoms with Crippen molar-refractivity contribution in [3.05, 3.63) is 0 Å². The summed E-state index contributed by atoms with van der Waals surface area (Å²) in [6.07, 6.45) is 0. The maximum absolute atomic E-state index is 10.6. The number of likely N-dealkylation sites (tertiary alicyclic amines) is 1. The Kier molecular flexibility index (Phi) is 2.17. The molecule has 10 heavy (non-hydrogen) atoms. The molecule has 1 aliphatic rings. The highest BCUT2D eigenvalue weighted by Crippen LogP contribution is 2.36. The van der Waals surface area contributed by atoms with E-state index in [-0.39, 0.29) is 0 Å². The van der Waals surface area contributed by atoms with Crippen LogP contribution in [0.4, 0.5) is 0 Å². The van der Waals surface area contributed by atoms with E-state index in [1.54, 1.807) is 0 Å². The highest BCUT2D eigenvalue weighted by Gasteiger charge is 2.48. The molecule has 0 saturated carbocycles. The first-order valence-corrected chi connectivity index (χ1v) is 4.72. The van der Waals surface area contributed by atoms with E-state index in [4.69, 9.17) is 5.11 Å². The lowest BCUT2D eigenvalue weighted by atomic mass is 10.0. The predicted octanol–water partition coefficient (Wildman–Crippen LogP) is 0.333. The molecule has 3 nitrogen and oxygen atoms in total. The molecule has 0 unspecified atom stereocenters. The van der Waals surface area contributed by atoms with E-state index in [0.29, 0.717) is 13.1 Å². The van der Waals surface area contributed by atoms with Crippen LogP contribution in [0.1, 0.15) is 0 Å². The van der Waals surface area contributed by atoms with Crippen LogP contribution in [0.3, 0.4) is 0 Å². The smallest absolute Gasteiger partial charge is 0.323 e. The molecule has 0 aromatic heterocycles. The highest BCUT2D eigenvalue weighted by atomic mass is 33.1. The zero-order chi connectivity index (χ0) is 7.78. The Morgan fingerprint density at radius 3 is 2.40 bits per heavy atom. The first-order chi connectivity index (χ1) is 4.60. The largest absolute Gasteiger partial charge is 0.480 e. The van der Waals surface area contributed by atoms with E-state index in [1.165, 1.54) is 0 Å². The predicted molar refractivity (Wildman–Crippen MR) is 44.4 cm³/mol. The van der Waals surface area contributed by atoms with Crippen molar-refractivity contribution in [3.8, 4) is 0 Å². The molecular formula is C5H9NO2S2. The molecule has 0 amide bonds. The van der Waals surface area contributed by atoms with Crippen molar-refractivity contribution < 1.29 is 9.90 Å². The number of aliphatic carboxylic acids is 1. The second kappa shape index (κ2) is 2.64. The molecule has 1 fully saturated rings. The Balaban J connectivity index is 2.56. The summed E-state index contributed by atoms with van der Waals surface area (Å²) in [4.78, 5) is 12.5. The van der Waals surface area contributed by atoms with Gasteiger partial charge in [0.1, 0.15) is 4.75 Å². The molecule has 1 rings (SSSR count). The van der Waals surface area contributed by atoms with Gasteiger partial charge in [0.15, 0.2) is 0 Å². The van der Waals surface area contributed by atoms with Gasteiger partial charge in [-0.3, -0.25) is 4.79 Å². The van der Waals surface area contributed by atoms with Crippen molar-refractivity contribution in [2.75, 3.05) is 20.1 Å². The minimum atomic E-state index is -0.759. The Morgan fingerprint density at radius 2 is 2.30 bits per heavy atom. The number of carboxylic acid groups (broad SMARTS) is 1. The SMILES string of the molecule is CN1CC(SS)(C(=O)O)C1. The second-order valence-corrected chi connectivity index (χ2v) is 4.07. The van der Waals surface area contributed by atoms with E-state index in [9.17, 15) is 4.79 Å². The lowest BCUT2D eigenvalue weighted by Gasteiger charge is -2.43. The van der Waals surface area contributed by atoms with Gasteiger partial charge in [-0.15, -0.1) is 11.7 Å². The van der Waals surface area contributed by atoms with Crippen LogP contribution < -0.4 is 0 Å². The average molecular weight is 179 g/mol. The fourth-order valence-electron chi connectivity index (χ4n) is 1.06. The van der Waals surface area contributed by atoms with Crippen molar-refractivity contribution in [2.45, 2.75) is 4.75 Å². The van der Waals surface area contributed by atoms with Gasteiger partial charge in [0.2, 0.25) is 0 Å². The van der Waals surface area contributed by atoms with E-state index >= 15 is 0 Å². The van der Waals surface area contributed by atoms with Crippen LogP contribution in [0.15, 0.2) is 0 Å². The van der Waals surface area contributed by atoms with Gasteiger partial charge >= 0.3 is 5.97 Å². The number of carboxylic acids is 1. The third-order valence-electron chi connectivity index (χ3n) is 1.62. The Morgan fingerprint density at radius 1 is 1.80 bits per heavy atom. The minimum Gasteiger partial charge on any atom is -0.480 e. The van der Waals surface area contributed by atoms with Crippen LogP contribution in [0.25, 0.3) is 0 Å². The van der Waals surface area contributed by atoms with Gasteiger partial charge < -0.3 is 10.0 Å². The molecule has 1 heterocycles. The van der Waals surface area contributed by atoms with E-state index < -0.39 is 10.7 Å². The van der Waals surface area contributed by atoms with Crippen LogP contribution >= 0.6 is 22.5 Å². The Hall–Kier alpha value is 0.130. The summed E-state index contributed by atoms with van der Waals surface area (Å²) < 4.78 is -0.641. The molecule has 0 aromatic rings. The number of hydrogen-bond acceptors (Lipinski definition) is 4. The minimum absolute atomic E-state index is 0.594. The number of rotatable bonds is 2. The summed E-state index contributed by atoms with van der Waals surface area (Å²) in [7, 11) is 3.02. The van der Waals surface area contributed by atoms with Crippen LogP contribution in [0, 0.1) is 0 Å². The van der Waals surface area contributed by atoms with Gasteiger partial charge in [0.05, 0.1) is 0 Å². The third-order valence-corrected chi connectivity index (χ3v) is 3.45. The summed E-state index contributed by atoms with van der Waals surface area (Å²) in [5.41, 5.74) is 0. The molecule has 1 N–H and O–H groups in total. The molecule has 1 saturated heterocycles. The monoisotopic (exact) mass is 179 g/mol. The van der Waals surface area contributed by atoms with Crippen molar-refractivity contribution in [2.24, 2.45) is 0 Å².